The second-order valence-electron chi connectivity index (χ2n) is 6.87. The second kappa shape index (κ2) is 8.33. The summed E-state index contributed by atoms with van der Waals surface area (Å²) in [4.78, 5) is 13.5. The molecule has 4 aromatic rings. The van der Waals surface area contributed by atoms with E-state index in [1.165, 1.54) is 7.11 Å². The maximum absolute atomic E-state index is 13.5. The van der Waals surface area contributed by atoms with Gasteiger partial charge >= 0.3 is 0 Å². The number of ether oxygens (including phenoxy) is 3. The number of fused-ring (bicyclic) bond motifs is 1. The normalized spacial score (nSPS) is 10.8. The molecule has 0 unspecified atom stereocenters. The molecule has 5 nitrogen and oxygen atoms in total. The summed E-state index contributed by atoms with van der Waals surface area (Å²) < 4.78 is 18.8. The third kappa shape index (κ3) is 3.39. The Bertz CT molecular complexity index is 1230. The van der Waals surface area contributed by atoms with Gasteiger partial charge in [-0.3, -0.25) is 4.79 Å². The summed E-state index contributed by atoms with van der Waals surface area (Å²) in [7, 11) is 4.67. The van der Waals surface area contributed by atoms with Crippen LogP contribution in [0.2, 0.25) is 0 Å². The molecule has 152 valence electrons. The number of pyridine rings is 1. The molecule has 0 aliphatic rings. The molecule has 0 N–H and O–H groups in total. The summed E-state index contributed by atoms with van der Waals surface area (Å²) in [5.41, 5.74) is 3.22. The smallest absolute Gasteiger partial charge is 0.235 e. The highest BCUT2D eigenvalue weighted by molar-refractivity contribution is 5.92. The zero-order valence-electron chi connectivity index (χ0n) is 17.2. The minimum atomic E-state index is -0.213. The van der Waals surface area contributed by atoms with Crippen LogP contribution in [0.4, 0.5) is 0 Å². The van der Waals surface area contributed by atoms with E-state index in [9.17, 15) is 4.79 Å². The van der Waals surface area contributed by atoms with Crippen LogP contribution >= 0.6 is 0 Å². The third-order valence-electron chi connectivity index (χ3n) is 5.15. The van der Waals surface area contributed by atoms with Crippen LogP contribution in [0.3, 0.4) is 0 Å². The molecule has 0 saturated heterocycles. The van der Waals surface area contributed by atoms with Crippen molar-refractivity contribution in [2.75, 3.05) is 21.3 Å². The Morgan fingerprint density at radius 3 is 2.07 bits per heavy atom. The largest absolute Gasteiger partial charge is 0.497 e. The first-order valence-electron chi connectivity index (χ1n) is 9.63. The second-order valence-corrected chi connectivity index (χ2v) is 6.87. The first kappa shape index (κ1) is 19.6. The van der Waals surface area contributed by atoms with Gasteiger partial charge in [0.15, 0.2) is 5.75 Å². The van der Waals surface area contributed by atoms with Crippen LogP contribution in [0.1, 0.15) is 5.56 Å². The summed E-state index contributed by atoms with van der Waals surface area (Å²) in [6.45, 7) is 0.550. The van der Waals surface area contributed by atoms with Crippen molar-refractivity contribution in [2.45, 2.75) is 6.54 Å². The molecule has 0 radical (unpaired) electrons. The molecule has 0 atom stereocenters. The van der Waals surface area contributed by atoms with Gasteiger partial charge in [-0.1, -0.05) is 60.7 Å². The van der Waals surface area contributed by atoms with E-state index in [-0.39, 0.29) is 11.2 Å². The summed E-state index contributed by atoms with van der Waals surface area (Å²) >= 11 is 0. The standard InChI is InChI=1S/C25H23NO4/c1-28-19-14-20-22(21(15-19)29-2)24(27)25(30-3)23(18-12-8-5-9-13-18)26(20)16-17-10-6-4-7-11-17/h4-15H,16H2,1-3H3. The molecule has 0 fully saturated rings. The molecule has 0 amide bonds. The van der Waals surface area contributed by atoms with Crippen molar-refractivity contribution < 1.29 is 14.2 Å². The van der Waals surface area contributed by atoms with E-state index < -0.39 is 0 Å². The molecule has 0 bridgehead atoms. The predicted molar refractivity (Wildman–Crippen MR) is 119 cm³/mol. The van der Waals surface area contributed by atoms with Gasteiger partial charge in [0.25, 0.3) is 0 Å². The zero-order valence-corrected chi connectivity index (χ0v) is 17.2. The summed E-state index contributed by atoms with van der Waals surface area (Å²) in [5, 5.41) is 0.464. The number of benzene rings is 3. The van der Waals surface area contributed by atoms with E-state index in [2.05, 4.69) is 16.7 Å². The average molecular weight is 401 g/mol. The van der Waals surface area contributed by atoms with Gasteiger partial charge in [0, 0.05) is 24.2 Å². The number of rotatable bonds is 6. The van der Waals surface area contributed by atoms with Gasteiger partial charge < -0.3 is 18.8 Å². The fourth-order valence-electron chi connectivity index (χ4n) is 3.76. The molecule has 5 heteroatoms. The Kier molecular flexibility index (Phi) is 5.44. The summed E-state index contributed by atoms with van der Waals surface area (Å²) in [5.74, 6) is 1.35. The summed E-state index contributed by atoms with van der Waals surface area (Å²) in [6.07, 6.45) is 0. The van der Waals surface area contributed by atoms with Crippen molar-refractivity contribution in [3.63, 3.8) is 0 Å². The van der Waals surface area contributed by atoms with Gasteiger partial charge in [0.2, 0.25) is 5.43 Å². The van der Waals surface area contributed by atoms with Crippen molar-refractivity contribution in [1.29, 1.82) is 0 Å². The lowest BCUT2D eigenvalue weighted by Gasteiger charge is -2.21. The monoisotopic (exact) mass is 401 g/mol. The van der Waals surface area contributed by atoms with Crippen LogP contribution in [-0.4, -0.2) is 25.9 Å². The Labute approximate surface area is 175 Å². The molecule has 30 heavy (non-hydrogen) atoms. The Morgan fingerprint density at radius 1 is 0.800 bits per heavy atom. The third-order valence-corrected chi connectivity index (χ3v) is 5.15. The Morgan fingerprint density at radius 2 is 1.47 bits per heavy atom. The highest BCUT2D eigenvalue weighted by atomic mass is 16.5. The Balaban J connectivity index is 2.17. The van der Waals surface area contributed by atoms with Crippen LogP contribution in [0.25, 0.3) is 22.2 Å². The number of hydrogen-bond donors (Lipinski definition) is 0. The molecule has 3 aromatic carbocycles. The van der Waals surface area contributed by atoms with Crippen molar-refractivity contribution >= 4 is 10.9 Å². The van der Waals surface area contributed by atoms with E-state index in [1.54, 1.807) is 20.3 Å². The molecule has 0 spiro atoms. The minimum absolute atomic E-state index is 0.213. The van der Waals surface area contributed by atoms with Gasteiger partial charge in [0.05, 0.1) is 37.9 Å². The van der Waals surface area contributed by atoms with Crippen molar-refractivity contribution in [2.24, 2.45) is 0 Å². The van der Waals surface area contributed by atoms with Crippen molar-refractivity contribution in [3.8, 4) is 28.5 Å². The maximum atomic E-state index is 13.5. The number of nitrogens with zero attached hydrogens (tertiary/aromatic N) is 1. The first-order valence-corrected chi connectivity index (χ1v) is 9.63. The molecule has 1 heterocycles. The molecule has 1 aromatic heterocycles. The highest BCUT2D eigenvalue weighted by Gasteiger charge is 2.22. The molecule has 4 rings (SSSR count). The fourth-order valence-corrected chi connectivity index (χ4v) is 3.76. The van der Waals surface area contributed by atoms with Gasteiger partial charge in [-0.15, -0.1) is 0 Å². The molecule has 0 aliphatic heterocycles. The number of methoxy groups -OCH3 is 3. The number of hydrogen-bond acceptors (Lipinski definition) is 4. The van der Waals surface area contributed by atoms with Crippen molar-refractivity contribution in [3.05, 3.63) is 88.6 Å². The van der Waals surface area contributed by atoms with Crippen LogP contribution in [0.5, 0.6) is 17.2 Å². The quantitative estimate of drug-likeness (QED) is 0.468. The maximum Gasteiger partial charge on any atom is 0.235 e. The average Bonchev–Trinajstić information content (AvgIpc) is 2.80. The van der Waals surface area contributed by atoms with Gasteiger partial charge in [-0.2, -0.15) is 0 Å². The van der Waals surface area contributed by atoms with E-state index >= 15 is 0 Å². The van der Waals surface area contributed by atoms with E-state index in [4.69, 9.17) is 14.2 Å². The molecular formula is C25H23NO4. The summed E-state index contributed by atoms with van der Waals surface area (Å²) in [6, 6.07) is 23.5. The zero-order chi connectivity index (χ0) is 21.1. The lowest BCUT2D eigenvalue weighted by Crippen LogP contribution is -2.17. The number of aromatic nitrogens is 1. The first-order chi connectivity index (χ1) is 14.7. The van der Waals surface area contributed by atoms with E-state index in [1.807, 2.05) is 54.6 Å². The highest BCUT2D eigenvalue weighted by Crippen LogP contribution is 2.36. The van der Waals surface area contributed by atoms with Crippen LogP contribution in [0.15, 0.2) is 77.6 Å². The lowest BCUT2D eigenvalue weighted by molar-refractivity contribution is 0.395. The predicted octanol–water partition coefficient (Wildman–Crippen LogP) is 4.74. The molecule has 0 saturated carbocycles. The molecular weight excluding hydrogens is 378 g/mol. The van der Waals surface area contributed by atoms with Gasteiger partial charge in [0.1, 0.15) is 11.5 Å². The van der Waals surface area contributed by atoms with Crippen molar-refractivity contribution in [1.82, 2.24) is 4.57 Å². The molecule has 0 aliphatic carbocycles. The van der Waals surface area contributed by atoms with Crippen LogP contribution in [0, 0.1) is 0 Å². The SMILES string of the molecule is COc1cc(OC)c2c(=O)c(OC)c(-c3ccccc3)n(Cc3ccccc3)c2c1. The van der Waals surface area contributed by atoms with Crippen LogP contribution < -0.4 is 19.6 Å². The lowest BCUT2D eigenvalue weighted by atomic mass is 10.0. The fraction of sp³-hybridized carbons (Fsp3) is 0.160. The van der Waals surface area contributed by atoms with E-state index in [0.717, 1.165) is 22.3 Å². The van der Waals surface area contributed by atoms with Crippen LogP contribution in [-0.2, 0) is 6.54 Å². The van der Waals surface area contributed by atoms with Gasteiger partial charge in [-0.25, -0.2) is 0 Å². The van der Waals surface area contributed by atoms with Gasteiger partial charge in [-0.05, 0) is 5.56 Å². The Hall–Kier alpha value is -3.73. The topological polar surface area (TPSA) is 49.7 Å². The minimum Gasteiger partial charge on any atom is -0.497 e. The van der Waals surface area contributed by atoms with E-state index in [0.29, 0.717) is 23.4 Å².